The second-order valence-electron chi connectivity index (χ2n) is 7.23. The second kappa shape index (κ2) is 7.82. The van der Waals surface area contributed by atoms with Gasteiger partial charge in [-0.3, -0.25) is 14.3 Å². The van der Waals surface area contributed by atoms with Crippen LogP contribution in [0.5, 0.6) is 5.88 Å². The lowest BCUT2D eigenvalue weighted by molar-refractivity contribution is 0.394. The zero-order chi connectivity index (χ0) is 19.6. The van der Waals surface area contributed by atoms with Crippen molar-refractivity contribution in [2.24, 2.45) is 5.10 Å². The van der Waals surface area contributed by atoms with E-state index in [9.17, 15) is 14.7 Å². The third-order valence-electron chi connectivity index (χ3n) is 4.95. The predicted octanol–water partition coefficient (Wildman–Crippen LogP) is 2.60. The summed E-state index contributed by atoms with van der Waals surface area (Å²) in [6.45, 7) is 6.64. The number of nitrogens with zero attached hydrogens (tertiary/aromatic N) is 2. The number of unbranched alkanes of at least 4 members (excludes halogenated alkanes) is 1. The van der Waals surface area contributed by atoms with Gasteiger partial charge in [0.25, 0.3) is 5.56 Å². The van der Waals surface area contributed by atoms with Gasteiger partial charge in [0.15, 0.2) is 0 Å². The SMILES string of the molecule is CCCCn1c(O)c(C2=NN[C@H](c3ccc(C(C)C)cc3)C2)c(=O)[nH]c1=O. The van der Waals surface area contributed by atoms with Crippen molar-refractivity contribution in [2.75, 3.05) is 0 Å². The Morgan fingerprint density at radius 1 is 1.26 bits per heavy atom. The molecule has 3 rings (SSSR count). The van der Waals surface area contributed by atoms with E-state index in [4.69, 9.17) is 0 Å². The Labute approximate surface area is 157 Å². The Morgan fingerprint density at radius 2 is 1.96 bits per heavy atom. The third kappa shape index (κ3) is 3.82. The normalized spacial score (nSPS) is 16.4. The van der Waals surface area contributed by atoms with Crippen molar-refractivity contribution in [3.8, 4) is 5.88 Å². The lowest BCUT2D eigenvalue weighted by Crippen LogP contribution is -2.33. The summed E-state index contributed by atoms with van der Waals surface area (Å²) in [6.07, 6.45) is 2.06. The first-order valence-electron chi connectivity index (χ1n) is 9.40. The highest BCUT2D eigenvalue weighted by molar-refractivity contribution is 6.03. The molecule has 27 heavy (non-hydrogen) atoms. The zero-order valence-electron chi connectivity index (χ0n) is 16.0. The highest BCUT2D eigenvalue weighted by Crippen LogP contribution is 2.27. The summed E-state index contributed by atoms with van der Waals surface area (Å²) in [7, 11) is 0. The van der Waals surface area contributed by atoms with Crippen LogP contribution < -0.4 is 16.7 Å². The largest absolute Gasteiger partial charge is 0.494 e. The van der Waals surface area contributed by atoms with E-state index >= 15 is 0 Å². The fourth-order valence-corrected chi connectivity index (χ4v) is 3.25. The molecule has 3 N–H and O–H groups in total. The summed E-state index contributed by atoms with van der Waals surface area (Å²) < 4.78 is 1.20. The minimum atomic E-state index is -0.610. The summed E-state index contributed by atoms with van der Waals surface area (Å²) in [5, 5.41) is 14.8. The lowest BCUT2D eigenvalue weighted by atomic mass is 9.96. The van der Waals surface area contributed by atoms with Crippen LogP contribution in [-0.2, 0) is 6.54 Å². The first-order chi connectivity index (χ1) is 12.9. The second-order valence-corrected chi connectivity index (χ2v) is 7.23. The summed E-state index contributed by atoms with van der Waals surface area (Å²) >= 11 is 0. The van der Waals surface area contributed by atoms with Gasteiger partial charge in [-0.1, -0.05) is 51.5 Å². The van der Waals surface area contributed by atoms with Crippen LogP contribution in [0.15, 0.2) is 39.0 Å². The minimum Gasteiger partial charge on any atom is -0.494 e. The van der Waals surface area contributed by atoms with E-state index in [0.717, 1.165) is 18.4 Å². The maximum Gasteiger partial charge on any atom is 0.331 e. The molecule has 1 aromatic carbocycles. The average Bonchev–Trinajstić information content (AvgIpc) is 3.11. The quantitative estimate of drug-likeness (QED) is 0.728. The number of aromatic nitrogens is 2. The van der Waals surface area contributed by atoms with Gasteiger partial charge in [-0.2, -0.15) is 5.10 Å². The zero-order valence-corrected chi connectivity index (χ0v) is 16.0. The molecule has 0 radical (unpaired) electrons. The molecule has 0 unspecified atom stereocenters. The van der Waals surface area contributed by atoms with Gasteiger partial charge in [0.1, 0.15) is 5.56 Å². The van der Waals surface area contributed by atoms with Crippen molar-refractivity contribution in [3.63, 3.8) is 0 Å². The average molecular weight is 370 g/mol. The molecule has 0 amide bonds. The lowest BCUT2D eigenvalue weighted by Gasteiger charge is -2.13. The molecular formula is C20H26N4O3. The van der Waals surface area contributed by atoms with Gasteiger partial charge < -0.3 is 10.5 Å². The molecule has 1 atom stereocenters. The van der Waals surface area contributed by atoms with Gasteiger partial charge >= 0.3 is 5.69 Å². The van der Waals surface area contributed by atoms with Crippen molar-refractivity contribution in [2.45, 2.75) is 58.5 Å². The Hall–Kier alpha value is -2.83. The van der Waals surface area contributed by atoms with Crippen molar-refractivity contribution in [1.82, 2.24) is 15.0 Å². The van der Waals surface area contributed by atoms with E-state index in [2.05, 4.69) is 53.6 Å². The maximum absolute atomic E-state index is 12.3. The van der Waals surface area contributed by atoms with Crippen LogP contribution in [0.25, 0.3) is 0 Å². The number of benzene rings is 1. The number of aromatic amines is 1. The van der Waals surface area contributed by atoms with Gasteiger partial charge in [-0.25, -0.2) is 4.79 Å². The molecule has 7 heteroatoms. The van der Waals surface area contributed by atoms with E-state index in [0.29, 0.717) is 24.6 Å². The van der Waals surface area contributed by atoms with Gasteiger partial charge in [0.2, 0.25) is 5.88 Å². The van der Waals surface area contributed by atoms with Crippen LogP contribution in [0.1, 0.15) is 68.7 Å². The predicted molar refractivity (Wildman–Crippen MR) is 105 cm³/mol. The number of rotatable bonds is 6. The number of nitrogens with one attached hydrogen (secondary N) is 2. The molecule has 0 bridgehead atoms. The first kappa shape index (κ1) is 18.9. The molecular weight excluding hydrogens is 344 g/mol. The van der Waals surface area contributed by atoms with Crippen LogP contribution in [0.4, 0.5) is 0 Å². The fraction of sp³-hybridized carbons (Fsp3) is 0.450. The molecule has 144 valence electrons. The fourth-order valence-electron chi connectivity index (χ4n) is 3.25. The number of hydrazone groups is 1. The molecule has 0 saturated heterocycles. The molecule has 1 aliphatic heterocycles. The smallest absolute Gasteiger partial charge is 0.331 e. The molecule has 0 spiro atoms. The van der Waals surface area contributed by atoms with Crippen LogP contribution >= 0.6 is 0 Å². The highest BCUT2D eigenvalue weighted by atomic mass is 16.3. The van der Waals surface area contributed by atoms with Crippen molar-refractivity contribution in [1.29, 1.82) is 0 Å². The topological polar surface area (TPSA) is 99.5 Å². The van der Waals surface area contributed by atoms with E-state index in [-0.39, 0.29) is 17.5 Å². The summed E-state index contributed by atoms with van der Waals surface area (Å²) in [5.74, 6) is 0.149. The Morgan fingerprint density at radius 3 is 2.59 bits per heavy atom. The summed E-state index contributed by atoms with van der Waals surface area (Å²) in [4.78, 5) is 26.6. The van der Waals surface area contributed by atoms with Gasteiger partial charge in [-0.05, 0) is 23.5 Å². The van der Waals surface area contributed by atoms with Crippen molar-refractivity contribution >= 4 is 5.71 Å². The van der Waals surface area contributed by atoms with Crippen molar-refractivity contribution in [3.05, 3.63) is 61.8 Å². The molecule has 2 heterocycles. The number of aromatic hydroxyl groups is 1. The minimum absolute atomic E-state index is 0.0690. The Balaban J connectivity index is 1.86. The maximum atomic E-state index is 12.3. The first-order valence-corrected chi connectivity index (χ1v) is 9.40. The number of H-pyrrole nitrogens is 1. The van der Waals surface area contributed by atoms with E-state index in [1.165, 1.54) is 10.1 Å². The molecule has 0 aliphatic carbocycles. The Bertz CT molecular complexity index is 955. The number of hydrogen-bond donors (Lipinski definition) is 3. The number of hydrogen-bond acceptors (Lipinski definition) is 5. The van der Waals surface area contributed by atoms with Gasteiger partial charge in [0.05, 0.1) is 11.8 Å². The summed E-state index contributed by atoms with van der Waals surface area (Å²) in [6, 6.07) is 8.22. The molecule has 7 nitrogen and oxygen atoms in total. The van der Waals surface area contributed by atoms with Gasteiger partial charge in [-0.15, -0.1) is 0 Å². The molecule has 1 aliphatic rings. The Kier molecular flexibility index (Phi) is 5.48. The van der Waals surface area contributed by atoms with Crippen molar-refractivity contribution < 1.29 is 5.11 Å². The third-order valence-corrected chi connectivity index (χ3v) is 4.95. The monoisotopic (exact) mass is 370 g/mol. The molecule has 1 aromatic heterocycles. The van der Waals surface area contributed by atoms with Crippen LogP contribution in [-0.4, -0.2) is 20.4 Å². The van der Waals surface area contributed by atoms with Crippen LogP contribution in [0, 0.1) is 0 Å². The van der Waals surface area contributed by atoms with E-state index < -0.39 is 11.2 Å². The molecule has 0 saturated carbocycles. The van der Waals surface area contributed by atoms with E-state index in [1.807, 2.05) is 6.92 Å². The van der Waals surface area contributed by atoms with Gasteiger partial charge in [0, 0.05) is 13.0 Å². The van der Waals surface area contributed by atoms with Crippen LogP contribution in [0.3, 0.4) is 0 Å². The molecule has 0 fully saturated rings. The van der Waals surface area contributed by atoms with Crippen LogP contribution in [0.2, 0.25) is 0 Å². The van der Waals surface area contributed by atoms with E-state index in [1.54, 1.807) is 0 Å². The highest BCUT2D eigenvalue weighted by Gasteiger charge is 2.27. The summed E-state index contributed by atoms with van der Waals surface area (Å²) in [5.41, 5.74) is 4.68. The molecule has 2 aromatic rings. The standard InChI is InChI=1S/C20H26N4O3/c1-4-5-10-24-19(26)17(18(25)21-20(24)27)16-11-15(22-23-16)14-8-6-13(7-9-14)12(2)3/h6-9,12,15,22,26H,4-5,10-11H2,1-3H3,(H,21,25,27)/t15-/m0/s1.